The highest BCUT2D eigenvalue weighted by Gasteiger charge is 2.27. The zero-order valence-electron chi connectivity index (χ0n) is 19.4. The van der Waals surface area contributed by atoms with Crippen molar-refractivity contribution in [2.45, 2.75) is 38.6 Å². The van der Waals surface area contributed by atoms with Gasteiger partial charge in [0.25, 0.3) is 0 Å². The molecule has 6 nitrogen and oxygen atoms in total. The Morgan fingerprint density at radius 1 is 0.941 bits per heavy atom. The third kappa shape index (κ3) is 4.62. The molecule has 1 N–H and O–H groups in total. The SMILES string of the molecule is Cc1cccc(C)c1CN(CCc1ccccc1)S(=O)(=O)c1ccc2oc(C(=O)O)c(C)c2c1. The second-order valence-electron chi connectivity index (χ2n) is 8.46. The van der Waals surface area contributed by atoms with Crippen LogP contribution in [0.15, 0.2) is 76.0 Å². The van der Waals surface area contributed by atoms with Gasteiger partial charge in [0.2, 0.25) is 15.8 Å². The Hall–Kier alpha value is -3.42. The largest absolute Gasteiger partial charge is 0.475 e. The quantitative estimate of drug-likeness (QED) is 0.363. The number of furan rings is 1. The van der Waals surface area contributed by atoms with Crippen LogP contribution in [0.1, 0.15) is 38.4 Å². The molecule has 0 atom stereocenters. The van der Waals surface area contributed by atoms with Crippen molar-refractivity contribution >= 4 is 27.0 Å². The summed E-state index contributed by atoms with van der Waals surface area (Å²) in [6.07, 6.45) is 0.571. The summed E-state index contributed by atoms with van der Waals surface area (Å²) in [5.74, 6) is -1.36. The van der Waals surface area contributed by atoms with Gasteiger partial charge in [-0.1, -0.05) is 48.5 Å². The van der Waals surface area contributed by atoms with Crippen LogP contribution in [0.25, 0.3) is 11.0 Å². The minimum Gasteiger partial charge on any atom is -0.475 e. The number of rotatable bonds is 8. The molecule has 34 heavy (non-hydrogen) atoms. The summed E-state index contributed by atoms with van der Waals surface area (Å²) in [6.45, 7) is 6.15. The van der Waals surface area contributed by atoms with E-state index in [0.29, 0.717) is 29.5 Å². The van der Waals surface area contributed by atoms with Crippen molar-refractivity contribution in [1.82, 2.24) is 4.31 Å². The zero-order chi connectivity index (χ0) is 24.5. The third-order valence-electron chi connectivity index (χ3n) is 6.21. The Bertz CT molecular complexity index is 1440. The maximum absolute atomic E-state index is 13.9. The molecule has 0 bridgehead atoms. The molecule has 0 unspecified atom stereocenters. The van der Waals surface area contributed by atoms with Gasteiger partial charge < -0.3 is 9.52 Å². The van der Waals surface area contributed by atoms with E-state index in [1.165, 1.54) is 22.5 Å². The second-order valence-corrected chi connectivity index (χ2v) is 10.4. The highest BCUT2D eigenvalue weighted by molar-refractivity contribution is 7.89. The molecule has 7 heteroatoms. The van der Waals surface area contributed by atoms with E-state index < -0.39 is 16.0 Å². The first kappa shape index (κ1) is 23.7. The van der Waals surface area contributed by atoms with Crippen molar-refractivity contribution < 1.29 is 22.7 Å². The molecule has 0 spiro atoms. The van der Waals surface area contributed by atoms with Crippen LogP contribution in [0.3, 0.4) is 0 Å². The van der Waals surface area contributed by atoms with Crippen LogP contribution in [0, 0.1) is 20.8 Å². The fourth-order valence-corrected chi connectivity index (χ4v) is 5.61. The molecule has 0 radical (unpaired) electrons. The van der Waals surface area contributed by atoms with Gasteiger partial charge in [-0.2, -0.15) is 4.31 Å². The molecule has 0 fully saturated rings. The molecule has 0 aliphatic carbocycles. The minimum absolute atomic E-state index is 0.111. The average molecular weight is 478 g/mol. The lowest BCUT2D eigenvalue weighted by atomic mass is 10.0. The van der Waals surface area contributed by atoms with E-state index in [0.717, 1.165) is 22.3 Å². The van der Waals surface area contributed by atoms with Gasteiger partial charge in [0.1, 0.15) is 5.58 Å². The lowest BCUT2D eigenvalue weighted by Gasteiger charge is -2.24. The molecule has 0 aliphatic rings. The first-order valence-corrected chi connectivity index (χ1v) is 12.5. The molecule has 0 saturated heterocycles. The van der Waals surface area contributed by atoms with Crippen molar-refractivity contribution in [2.24, 2.45) is 0 Å². The molecule has 0 amide bonds. The number of benzene rings is 3. The fraction of sp³-hybridized carbons (Fsp3) is 0.222. The number of nitrogens with zero attached hydrogens (tertiary/aromatic N) is 1. The molecule has 176 valence electrons. The van der Waals surface area contributed by atoms with Gasteiger partial charge in [0.15, 0.2) is 0 Å². The van der Waals surface area contributed by atoms with Gasteiger partial charge in [-0.15, -0.1) is 0 Å². The maximum atomic E-state index is 13.9. The predicted octanol–water partition coefficient (Wildman–Crippen LogP) is 5.49. The first-order valence-electron chi connectivity index (χ1n) is 11.0. The summed E-state index contributed by atoms with van der Waals surface area (Å²) in [5.41, 5.74) is 4.85. The highest BCUT2D eigenvalue weighted by atomic mass is 32.2. The molecule has 0 aliphatic heterocycles. The average Bonchev–Trinajstić information content (AvgIpc) is 3.15. The molecule has 1 heterocycles. The number of aromatic carboxylic acids is 1. The molecule has 0 saturated carbocycles. The Labute approximate surface area is 199 Å². The lowest BCUT2D eigenvalue weighted by Crippen LogP contribution is -2.33. The van der Waals surface area contributed by atoms with Crippen molar-refractivity contribution in [3.05, 3.63) is 100 Å². The lowest BCUT2D eigenvalue weighted by molar-refractivity contribution is 0.0664. The van der Waals surface area contributed by atoms with Gasteiger partial charge in [0.05, 0.1) is 4.90 Å². The number of hydrogen-bond donors (Lipinski definition) is 1. The van der Waals surface area contributed by atoms with E-state index in [1.54, 1.807) is 6.92 Å². The monoisotopic (exact) mass is 477 g/mol. The number of carbonyl (C=O) groups is 1. The standard InChI is InChI=1S/C27H27NO5S/c1-18-8-7-9-19(2)24(18)17-28(15-14-21-10-5-4-6-11-21)34(31,32)22-12-13-25-23(16-22)20(3)26(33-25)27(29)30/h4-13,16H,14-15,17H2,1-3H3,(H,29,30). The highest BCUT2D eigenvalue weighted by Crippen LogP contribution is 2.30. The molecule has 4 rings (SSSR count). The Morgan fingerprint density at radius 3 is 2.26 bits per heavy atom. The predicted molar refractivity (Wildman–Crippen MR) is 132 cm³/mol. The first-order chi connectivity index (χ1) is 16.2. The third-order valence-corrected chi connectivity index (χ3v) is 8.05. The number of aryl methyl sites for hydroxylation is 3. The summed E-state index contributed by atoms with van der Waals surface area (Å²) in [7, 11) is -3.88. The van der Waals surface area contributed by atoms with Crippen LogP contribution in [-0.4, -0.2) is 30.3 Å². The zero-order valence-corrected chi connectivity index (χ0v) is 20.2. The summed E-state index contributed by atoms with van der Waals surface area (Å²) in [6, 6.07) is 20.2. The van der Waals surface area contributed by atoms with Crippen LogP contribution in [0.4, 0.5) is 0 Å². The number of sulfonamides is 1. The number of hydrogen-bond acceptors (Lipinski definition) is 4. The van der Waals surface area contributed by atoms with Crippen LogP contribution >= 0.6 is 0 Å². The summed E-state index contributed by atoms with van der Waals surface area (Å²) in [5, 5.41) is 9.84. The van der Waals surface area contributed by atoms with E-state index in [4.69, 9.17) is 4.42 Å². The Morgan fingerprint density at radius 2 is 1.62 bits per heavy atom. The van der Waals surface area contributed by atoms with Crippen molar-refractivity contribution in [1.29, 1.82) is 0 Å². The second kappa shape index (κ2) is 9.44. The van der Waals surface area contributed by atoms with E-state index >= 15 is 0 Å². The smallest absolute Gasteiger partial charge is 0.372 e. The fourth-order valence-electron chi connectivity index (χ4n) is 4.17. The van der Waals surface area contributed by atoms with Gasteiger partial charge in [-0.25, -0.2) is 13.2 Å². The van der Waals surface area contributed by atoms with E-state index in [-0.39, 0.29) is 17.2 Å². The van der Waals surface area contributed by atoms with Gasteiger partial charge >= 0.3 is 5.97 Å². The summed E-state index contributed by atoms with van der Waals surface area (Å²) >= 11 is 0. The number of fused-ring (bicyclic) bond motifs is 1. The normalized spacial score (nSPS) is 11.9. The molecule has 1 aromatic heterocycles. The Balaban J connectivity index is 1.75. The topological polar surface area (TPSA) is 87.8 Å². The van der Waals surface area contributed by atoms with E-state index in [2.05, 4.69) is 0 Å². The van der Waals surface area contributed by atoms with Crippen molar-refractivity contribution in [3.63, 3.8) is 0 Å². The van der Waals surface area contributed by atoms with Crippen molar-refractivity contribution in [3.8, 4) is 0 Å². The summed E-state index contributed by atoms with van der Waals surface area (Å²) < 4.78 is 34.6. The van der Waals surface area contributed by atoms with Gasteiger partial charge in [-0.3, -0.25) is 0 Å². The number of carboxylic acid groups (broad SMARTS) is 1. The van der Waals surface area contributed by atoms with E-state index in [9.17, 15) is 18.3 Å². The van der Waals surface area contributed by atoms with Crippen LogP contribution in [0.5, 0.6) is 0 Å². The molecular formula is C27H27NO5S. The number of carboxylic acids is 1. The van der Waals surface area contributed by atoms with Crippen molar-refractivity contribution in [2.75, 3.05) is 6.54 Å². The van der Waals surface area contributed by atoms with Gasteiger partial charge in [0, 0.05) is 24.0 Å². The van der Waals surface area contributed by atoms with E-state index in [1.807, 2.05) is 62.4 Å². The summed E-state index contributed by atoms with van der Waals surface area (Å²) in [4.78, 5) is 11.6. The molecular weight excluding hydrogens is 450 g/mol. The Kier molecular flexibility index (Phi) is 6.59. The van der Waals surface area contributed by atoms with Crippen LogP contribution in [0.2, 0.25) is 0 Å². The maximum Gasteiger partial charge on any atom is 0.372 e. The van der Waals surface area contributed by atoms with Crippen LogP contribution < -0.4 is 0 Å². The molecule has 4 aromatic rings. The molecule has 3 aromatic carbocycles. The van der Waals surface area contributed by atoms with Gasteiger partial charge in [-0.05, 0) is 67.6 Å². The van der Waals surface area contributed by atoms with Crippen LogP contribution in [-0.2, 0) is 23.0 Å². The minimum atomic E-state index is -3.88.